The molecule has 1 atom stereocenters. The van der Waals surface area contributed by atoms with Crippen molar-refractivity contribution in [3.05, 3.63) is 22.7 Å². The number of nitrogens with one attached hydrogen (secondary N) is 1. The van der Waals surface area contributed by atoms with Gasteiger partial charge in [-0.1, -0.05) is 22.9 Å². The maximum atomic E-state index is 5.48. The lowest BCUT2D eigenvalue weighted by atomic mass is 10.2. The van der Waals surface area contributed by atoms with Crippen molar-refractivity contribution in [1.29, 1.82) is 0 Å². The standard InChI is InChI=1S/C14H21BrN2O/c1-3-12-10-17(8-4-7-16-12)13-9-11(15)5-6-14(13)18-2/h5-6,9,12,16H,3-4,7-8,10H2,1-2H3. The van der Waals surface area contributed by atoms with Crippen LogP contribution in [0.25, 0.3) is 0 Å². The van der Waals surface area contributed by atoms with Gasteiger partial charge in [0.1, 0.15) is 5.75 Å². The highest BCUT2D eigenvalue weighted by Gasteiger charge is 2.19. The third-order valence-corrected chi connectivity index (χ3v) is 3.95. The molecule has 1 fully saturated rings. The van der Waals surface area contributed by atoms with Gasteiger partial charge in [0.25, 0.3) is 0 Å². The second kappa shape index (κ2) is 6.43. The van der Waals surface area contributed by atoms with Gasteiger partial charge in [-0.3, -0.25) is 0 Å². The number of methoxy groups -OCH3 is 1. The number of rotatable bonds is 3. The largest absolute Gasteiger partial charge is 0.495 e. The van der Waals surface area contributed by atoms with Gasteiger partial charge >= 0.3 is 0 Å². The predicted molar refractivity (Wildman–Crippen MR) is 79.6 cm³/mol. The second-order valence-electron chi connectivity index (χ2n) is 4.68. The molecule has 18 heavy (non-hydrogen) atoms. The van der Waals surface area contributed by atoms with E-state index in [1.54, 1.807) is 7.11 Å². The van der Waals surface area contributed by atoms with Crippen LogP contribution in [0.2, 0.25) is 0 Å². The molecule has 100 valence electrons. The molecular formula is C14H21BrN2O. The third kappa shape index (κ3) is 3.18. The minimum absolute atomic E-state index is 0.566. The maximum Gasteiger partial charge on any atom is 0.142 e. The molecule has 0 spiro atoms. The lowest BCUT2D eigenvalue weighted by Crippen LogP contribution is -2.37. The molecule has 3 nitrogen and oxygen atoms in total. The number of nitrogens with zero attached hydrogens (tertiary/aromatic N) is 1. The Kier molecular flexibility index (Phi) is 4.89. The molecule has 1 N–H and O–H groups in total. The summed E-state index contributed by atoms with van der Waals surface area (Å²) in [5.41, 5.74) is 1.19. The summed E-state index contributed by atoms with van der Waals surface area (Å²) >= 11 is 3.55. The van der Waals surface area contributed by atoms with Crippen LogP contribution in [-0.2, 0) is 0 Å². The van der Waals surface area contributed by atoms with Crippen LogP contribution in [0.4, 0.5) is 5.69 Å². The van der Waals surface area contributed by atoms with E-state index >= 15 is 0 Å². The average molecular weight is 313 g/mol. The molecule has 0 saturated carbocycles. The van der Waals surface area contributed by atoms with Crippen LogP contribution in [0, 0.1) is 0 Å². The topological polar surface area (TPSA) is 24.5 Å². The SMILES string of the molecule is CCC1CN(c2cc(Br)ccc2OC)CCCN1. The van der Waals surface area contributed by atoms with E-state index in [0.29, 0.717) is 6.04 Å². The van der Waals surface area contributed by atoms with Crippen LogP contribution in [-0.4, -0.2) is 32.8 Å². The molecule has 2 rings (SSSR count). The van der Waals surface area contributed by atoms with Crippen molar-refractivity contribution in [2.45, 2.75) is 25.8 Å². The highest BCUT2D eigenvalue weighted by molar-refractivity contribution is 9.10. The summed E-state index contributed by atoms with van der Waals surface area (Å²) < 4.78 is 6.58. The smallest absolute Gasteiger partial charge is 0.142 e. The van der Waals surface area contributed by atoms with Gasteiger partial charge in [0, 0.05) is 23.6 Å². The van der Waals surface area contributed by atoms with Crippen molar-refractivity contribution < 1.29 is 4.74 Å². The molecule has 0 radical (unpaired) electrons. The van der Waals surface area contributed by atoms with E-state index in [0.717, 1.165) is 36.3 Å². The van der Waals surface area contributed by atoms with E-state index in [2.05, 4.69) is 39.1 Å². The first kappa shape index (κ1) is 13.7. The van der Waals surface area contributed by atoms with Crippen LogP contribution in [0.5, 0.6) is 5.75 Å². The number of halogens is 1. The van der Waals surface area contributed by atoms with E-state index in [9.17, 15) is 0 Å². The molecule has 0 aliphatic carbocycles. The minimum Gasteiger partial charge on any atom is -0.495 e. The van der Waals surface area contributed by atoms with Crippen LogP contribution >= 0.6 is 15.9 Å². The molecular weight excluding hydrogens is 292 g/mol. The van der Waals surface area contributed by atoms with E-state index in [1.807, 2.05) is 12.1 Å². The van der Waals surface area contributed by atoms with Crippen LogP contribution < -0.4 is 15.0 Å². The first-order valence-corrected chi connectivity index (χ1v) is 7.35. The van der Waals surface area contributed by atoms with E-state index in [4.69, 9.17) is 4.74 Å². The normalized spacial score (nSPS) is 20.6. The maximum absolute atomic E-state index is 5.48. The van der Waals surface area contributed by atoms with Gasteiger partial charge in [0.15, 0.2) is 0 Å². The third-order valence-electron chi connectivity index (χ3n) is 3.45. The Bertz CT molecular complexity index is 397. The van der Waals surface area contributed by atoms with Gasteiger partial charge in [0.05, 0.1) is 12.8 Å². The van der Waals surface area contributed by atoms with Crippen molar-refractivity contribution in [2.75, 3.05) is 31.6 Å². The Balaban J connectivity index is 2.25. The molecule has 4 heteroatoms. The molecule has 0 amide bonds. The Morgan fingerprint density at radius 2 is 2.33 bits per heavy atom. The van der Waals surface area contributed by atoms with Crippen LogP contribution in [0.15, 0.2) is 22.7 Å². The number of benzene rings is 1. The summed E-state index contributed by atoms with van der Waals surface area (Å²) in [6.45, 7) is 5.46. The summed E-state index contributed by atoms with van der Waals surface area (Å²) in [5.74, 6) is 0.954. The van der Waals surface area contributed by atoms with Gasteiger partial charge in [-0.25, -0.2) is 0 Å². The average Bonchev–Trinajstić information content (AvgIpc) is 2.64. The van der Waals surface area contributed by atoms with Gasteiger partial charge < -0.3 is 15.0 Å². The second-order valence-corrected chi connectivity index (χ2v) is 5.59. The predicted octanol–water partition coefficient (Wildman–Crippen LogP) is 3.04. The Hall–Kier alpha value is -0.740. The molecule has 1 aliphatic heterocycles. The Morgan fingerprint density at radius 3 is 3.06 bits per heavy atom. The number of hydrogen-bond acceptors (Lipinski definition) is 3. The van der Waals surface area contributed by atoms with Crippen molar-refractivity contribution in [1.82, 2.24) is 5.32 Å². The molecule has 1 saturated heterocycles. The molecule has 0 aromatic heterocycles. The quantitative estimate of drug-likeness (QED) is 0.928. The minimum atomic E-state index is 0.566. The van der Waals surface area contributed by atoms with Crippen molar-refractivity contribution in [3.8, 4) is 5.75 Å². The van der Waals surface area contributed by atoms with Gasteiger partial charge in [-0.05, 0) is 37.6 Å². The van der Waals surface area contributed by atoms with Gasteiger partial charge in [-0.15, -0.1) is 0 Å². The van der Waals surface area contributed by atoms with E-state index < -0.39 is 0 Å². The summed E-state index contributed by atoms with van der Waals surface area (Å²) in [5, 5.41) is 3.59. The number of ether oxygens (including phenoxy) is 1. The first-order valence-electron chi connectivity index (χ1n) is 6.56. The fourth-order valence-corrected chi connectivity index (χ4v) is 2.75. The van der Waals surface area contributed by atoms with Crippen molar-refractivity contribution in [3.63, 3.8) is 0 Å². The molecule has 0 bridgehead atoms. The highest BCUT2D eigenvalue weighted by Crippen LogP contribution is 2.32. The zero-order valence-corrected chi connectivity index (χ0v) is 12.7. The summed E-state index contributed by atoms with van der Waals surface area (Å²) in [6, 6.07) is 6.77. The number of anilines is 1. The van der Waals surface area contributed by atoms with Crippen molar-refractivity contribution >= 4 is 21.6 Å². The Labute approximate surface area is 118 Å². The van der Waals surface area contributed by atoms with Crippen LogP contribution in [0.1, 0.15) is 19.8 Å². The lowest BCUT2D eigenvalue weighted by Gasteiger charge is -2.27. The molecule has 1 aromatic rings. The first-order chi connectivity index (χ1) is 8.74. The summed E-state index contributed by atoms with van der Waals surface area (Å²) in [6.07, 6.45) is 2.33. The van der Waals surface area contributed by atoms with Crippen molar-refractivity contribution in [2.24, 2.45) is 0 Å². The summed E-state index contributed by atoms with van der Waals surface area (Å²) in [4.78, 5) is 2.43. The zero-order valence-electron chi connectivity index (χ0n) is 11.1. The molecule has 1 aliphatic rings. The summed E-state index contributed by atoms with van der Waals surface area (Å²) in [7, 11) is 1.74. The van der Waals surface area contributed by atoms with Crippen LogP contribution in [0.3, 0.4) is 0 Å². The molecule has 1 heterocycles. The highest BCUT2D eigenvalue weighted by atomic mass is 79.9. The monoisotopic (exact) mass is 312 g/mol. The fraction of sp³-hybridized carbons (Fsp3) is 0.571. The fourth-order valence-electron chi connectivity index (χ4n) is 2.40. The van der Waals surface area contributed by atoms with Gasteiger partial charge in [0.2, 0.25) is 0 Å². The van der Waals surface area contributed by atoms with E-state index in [-0.39, 0.29) is 0 Å². The number of hydrogen-bond donors (Lipinski definition) is 1. The zero-order chi connectivity index (χ0) is 13.0. The van der Waals surface area contributed by atoms with Gasteiger partial charge in [-0.2, -0.15) is 0 Å². The molecule has 1 aromatic carbocycles. The Morgan fingerprint density at radius 1 is 1.50 bits per heavy atom. The van der Waals surface area contributed by atoms with E-state index in [1.165, 1.54) is 12.1 Å². The lowest BCUT2D eigenvalue weighted by molar-refractivity contribution is 0.413. The molecule has 1 unspecified atom stereocenters.